The molecule has 1 aliphatic heterocycles. The maximum atomic E-state index is 4.41. The van der Waals surface area contributed by atoms with Crippen LogP contribution in [0.1, 0.15) is 60.8 Å². The van der Waals surface area contributed by atoms with Crippen molar-refractivity contribution in [3.63, 3.8) is 0 Å². The Hall–Kier alpha value is -1.69. The molecular formula is C15H24N6. The first kappa shape index (κ1) is 14.3. The highest BCUT2D eigenvalue weighted by Gasteiger charge is 2.19. The summed E-state index contributed by atoms with van der Waals surface area (Å²) >= 11 is 0. The molecule has 0 aromatic carbocycles. The third kappa shape index (κ3) is 2.85. The molecule has 6 nitrogen and oxygen atoms in total. The molecule has 0 radical (unpaired) electrons. The van der Waals surface area contributed by atoms with Gasteiger partial charge in [0.25, 0.3) is 0 Å². The molecule has 0 aliphatic carbocycles. The second-order valence-electron chi connectivity index (χ2n) is 5.95. The molecule has 3 rings (SSSR count). The van der Waals surface area contributed by atoms with Crippen molar-refractivity contribution >= 4 is 0 Å². The van der Waals surface area contributed by atoms with Gasteiger partial charge < -0.3 is 9.88 Å². The van der Waals surface area contributed by atoms with Crippen molar-refractivity contribution in [1.82, 2.24) is 30.3 Å². The van der Waals surface area contributed by atoms with Gasteiger partial charge in [-0.2, -0.15) is 5.10 Å². The van der Waals surface area contributed by atoms with Crippen LogP contribution < -0.4 is 5.32 Å². The van der Waals surface area contributed by atoms with Gasteiger partial charge >= 0.3 is 0 Å². The molecule has 0 saturated carbocycles. The Kier molecular flexibility index (Phi) is 4.05. The molecule has 0 bridgehead atoms. The molecule has 2 aromatic heterocycles. The fourth-order valence-electron chi connectivity index (χ4n) is 3.01. The van der Waals surface area contributed by atoms with Gasteiger partial charge in [0.2, 0.25) is 0 Å². The normalized spacial score (nSPS) is 16.5. The third-order valence-electron chi connectivity index (χ3n) is 4.39. The Balaban J connectivity index is 1.71. The van der Waals surface area contributed by atoms with E-state index in [0.29, 0.717) is 0 Å². The van der Waals surface area contributed by atoms with Crippen LogP contribution in [-0.4, -0.2) is 25.0 Å². The fraction of sp³-hybridized carbons (Fsp3) is 0.667. The zero-order valence-corrected chi connectivity index (χ0v) is 13.1. The number of nitrogens with zero attached hydrogens (tertiary/aromatic N) is 4. The van der Waals surface area contributed by atoms with Crippen LogP contribution in [0.4, 0.5) is 0 Å². The summed E-state index contributed by atoms with van der Waals surface area (Å²) in [5.74, 6) is 2.21. The van der Waals surface area contributed by atoms with E-state index in [2.05, 4.69) is 44.1 Å². The second kappa shape index (κ2) is 5.97. The highest BCUT2D eigenvalue weighted by atomic mass is 15.3. The van der Waals surface area contributed by atoms with E-state index in [9.17, 15) is 0 Å². The van der Waals surface area contributed by atoms with Crippen molar-refractivity contribution < 1.29 is 0 Å². The van der Waals surface area contributed by atoms with E-state index in [1.165, 1.54) is 24.8 Å². The lowest BCUT2D eigenvalue weighted by Gasteiger charge is -2.15. The average molecular weight is 288 g/mol. The molecule has 21 heavy (non-hydrogen) atoms. The van der Waals surface area contributed by atoms with Gasteiger partial charge in [-0.1, -0.05) is 6.42 Å². The minimum Gasteiger partial charge on any atom is -0.314 e. The lowest BCUT2D eigenvalue weighted by molar-refractivity contribution is 0.501. The van der Waals surface area contributed by atoms with E-state index < -0.39 is 0 Å². The Morgan fingerprint density at radius 3 is 2.86 bits per heavy atom. The minimum atomic E-state index is 0.193. The molecule has 2 aromatic rings. The molecule has 0 saturated heterocycles. The summed E-state index contributed by atoms with van der Waals surface area (Å²) in [6, 6.07) is 0.193. The van der Waals surface area contributed by atoms with Crippen LogP contribution in [0, 0.1) is 13.8 Å². The summed E-state index contributed by atoms with van der Waals surface area (Å²) in [5.41, 5.74) is 3.44. The van der Waals surface area contributed by atoms with Crippen LogP contribution in [0.2, 0.25) is 0 Å². The van der Waals surface area contributed by atoms with E-state index in [-0.39, 0.29) is 6.04 Å². The summed E-state index contributed by atoms with van der Waals surface area (Å²) in [5, 5.41) is 19.6. The fourth-order valence-corrected chi connectivity index (χ4v) is 3.01. The Morgan fingerprint density at radius 1 is 1.24 bits per heavy atom. The topological polar surface area (TPSA) is 71.4 Å². The smallest absolute Gasteiger partial charge is 0.149 e. The van der Waals surface area contributed by atoms with Crippen molar-refractivity contribution in [2.75, 3.05) is 0 Å². The highest BCUT2D eigenvalue weighted by Crippen LogP contribution is 2.19. The van der Waals surface area contributed by atoms with E-state index in [1.807, 2.05) is 6.92 Å². The molecule has 114 valence electrons. The number of rotatable bonds is 4. The number of H-pyrrole nitrogens is 1. The van der Waals surface area contributed by atoms with Crippen LogP contribution in [0.25, 0.3) is 0 Å². The summed E-state index contributed by atoms with van der Waals surface area (Å²) in [6.07, 6.45) is 4.80. The number of nitrogens with one attached hydrogen (secondary N) is 2. The molecule has 1 unspecified atom stereocenters. The number of fused-ring (bicyclic) bond motifs is 1. The number of hydrogen-bond donors (Lipinski definition) is 2. The molecule has 1 atom stereocenters. The van der Waals surface area contributed by atoms with Gasteiger partial charge in [-0.05, 0) is 33.6 Å². The Morgan fingerprint density at radius 2 is 2.10 bits per heavy atom. The van der Waals surface area contributed by atoms with Crippen molar-refractivity contribution in [3.05, 3.63) is 28.6 Å². The quantitative estimate of drug-likeness (QED) is 0.904. The second-order valence-corrected chi connectivity index (χ2v) is 5.95. The Labute approximate surface area is 125 Å². The van der Waals surface area contributed by atoms with E-state index in [1.54, 1.807) is 0 Å². The van der Waals surface area contributed by atoms with Crippen LogP contribution in [0.5, 0.6) is 0 Å². The first-order valence-corrected chi connectivity index (χ1v) is 7.82. The van der Waals surface area contributed by atoms with Crippen molar-refractivity contribution in [1.29, 1.82) is 0 Å². The first-order valence-electron chi connectivity index (χ1n) is 7.82. The number of hydrogen-bond acceptors (Lipinski definition) is 4. The largest absolute Gasteiger partial charge is 0.314 e. The van der Waals surface area contributed by atoms with Gasteiger partial charge in [0.1, 0.15) is 11.6 Å². The van der Waals surface area contributed by atoms with E-state index in [4.69, 9.17) is 0 Å². The lowest BCUT2D eigenvalue weighted by atomic mass is 10.2. The van der Waals surface area contributed by atoms with Crippen LogP contribution >= 0.6 is 0 Å². The van der Waals surface area contributed by atoms with E-state index in [0.717, 1.165) is 42.5 Å². The van der Waals surface area contributed by atoms with Crippen molar-refractivity contribution in [2.24, 2.45) is 0 Å². The molecule has 1 aliphatic rings. The van der Waals surface area contributed by atoms with Gasteiger partial charge in [-0.25, -0.2) is 0 Å². The molecular weight excluding hydrogens is 264 g/mol. The molecule has 0 spiro atoms. The highest BCUT2D eigenvalue weighted by molar-refractivity contribution is 5.23. The SMILES string of the molecule is Cc1n[nH]c(C)c1CNC(C)c1nnc2n1CCCCC2. The third-order valence-corrected chi connectivity index (χ3v) is 4.39. The van der Waals surface area contributed by atoms with Crippen LogP contribution in [0.15, 0.2) is 0 Å². The lowest BCUT2D eigenvalue weighted by Crippen LogP contribution is -2.22. The molecule has 3 heterocycles. The molecule has 0 fully saturated rings. The molecule has 2 N–H and O–H groups in total. The van der Waals surface area contributed by atoms with Gasteiger partial charge in [0.05, 0.1) is 11.7 Å². The first-order chi connectivity index (χ1) is 10.2. The van der Waals surface area contributed by atoms with Gasteiger partial charge in [-0.3, -0.25) is 5.10 Å². The minimum absolute atomic E-state index is 0.193. The number of aryl methyl sites for hydroxylation is 3. The van der Waals surface area contributed by atoms with Crippen molar-refractivity contribution in [3.8, 4) is 0 Å². The number of aromatic amines is 1. The van der Waals surface area contributed by atoms with Gasteiger partial charge in [0, 0.05) is 30.8 Å². The maximum absolute atomic E-state index is 4.41. The van der Waals surface area contributed by atoms with Crippen LogP contribution in [-0.2, 0) is 19.5 Å². The summed E-state index contributed by atoms with van der Waals surface area (Å²) in [7, 11) is 0. The van der Waals surface area contributed by atoms with Crippen molar-refractivity contribution in [2.45, 2.75) is 65.6 Å². The zero-order chi connectivity index (χ0) is 14.8. The molecule has 0 amide bonds. The zero-order valence-electron chi connectivity index (χ0n) is 13.1. The summed E-state index contributed by atoms with van der Waals surface area (Å²) < 4.78 is 2.31. The summed E-state index contributed by atoms with van der Waals surface area (Å²) in [6.45, 7) is 8.11. The molecule has 6 heteroatoms. The predicted molar refractivity (Wildman–Crippen MR) is 80.9 cm³/mol. The predicted octanol–water partition coefficient (Wildman–Crippen LogP) is 2.20. The van der Waals surface area contributed by atoms with Gasteiger partial charge in [-0.15, -0.1) is 10.2 Å². The van der Waals surface area contributed by atoms with E-state index >= 15 is 0 Å². The van der Waals surface area contributed by atoms with Gasteiger partial charge in [0.15, 0.2) is 0 Å². The average Bonchev–Trinajstić information content (AvgIpc) is 2.92. The maximum Gasteiger partial charge on any atom is 0.149 e. The van der Waals surface area contributed by atoms with Crippen LogP contribution in [0.3, 0.4) is 0 Å². The standard InChI is InChI=1S/C15H24N6/c1-10-13(11(2)18-17-10)9-16-12(3)15-20-19-14-7-5-4-6-8-21(14)15/h12,16H,4-9H2,1-3H3,(H,17,18). The monoisotopic (exact) mass is 288 g/mol. The summed E-state index contributed by atoms with van der Waals surface area (Å²) in [4.78, 5) is 0. The Bertz CT molecular complexity index is 592. The number of aromatic nitrogens is 5.